The van der Waals surface area contributed by atoms with Crippen molar-refractivity contribution in [3.63, 3.8) is 0 Å². The minimum absolute atomic E-state index is 0.119. The van der Waals surface area contributed by atoms with Gasteiger partial charge in [-0.1, -0.05) is 39.0 Å². The molecule has 2 atom stereocenters. The van der Waals surface area contributed by atoms with Gasteiger partial charge in [0.05, 0.1) is 0 Å². The summed E-state index contributed by atoms with van der Waals surface area (Å²) in [6.07, 6.45) is 2.98. The summed E-state index contributed by atoms with van der Waals surface area (Å²) in [5.74, 6) is 1.88. The summed E-state index contributed by atoms with van der Waals surface area (Å²) >= 11 is 1.94. The normalized spacial score (nSPS) is 20.2. The van der Waals surface area contributed by atoms with Gasteiger partial charge in [-0.15, -0.1) is 0 Å². The molecule has 0 spiro atoms. The number of thioether (sulfide) groups is 1. The number of amides is 1. The van der Waals surface area contributed by atoms with Crippen LogP contribution in [0.25, 0.3) is 0 Å². The van der Waals surface area contributed by atoms with Crippen molar-refractivity contribution in [1.82, 2.24) is 4.90 Å². The summed E-state index contributed by atoms with van der Waals surface area (Å²) in [6.45, 7) is 9.41. The van der Waals surface area contributed by atoms with Crippen molar-refractivity contribution in [3.05, 3.63) is 30.3 Å². The van der Waals surface area contributed by atoms with E-state index in [9.17, 15) is 4.79 Å². The van der Waals surface area contributed by atoms with Crippen molar-refractivity contribution in [2.24, 2.45) is 0 Å². The molecule has 4 heteroatoms. The summed E-state index contributed by atoms with van der Waals surface area (Å²) in [5, 5.41) is 0. The van der Waals surface area contributed by atoms with Crippen LogP contribution in [0.4, 0.5) is 0 Å². The highest BCUT2D eigenvalue weighted by Gasteiger charge is 2.31. The van der Waals surface area contributed by atoms with E-state index in [1.165, 1.54) is 6.42 Å². The van der Waals surface area contributed by atoms with Crippen LogP contribution in [-0.4, -0.2) is 40.0 Å². The van der Waals surface area contributed by atoms with Gasteiger partial charge in [-0.25, -0.2) is 0 Å². The molecule has 1 amide bonds. The van der Waals surface area contributed by atoms with E-state index in [0.29, 0.717) is 6.04 Å². The van der Waals surface area contributed by atoms with Crippen LogP contribution in [0.3, 0.4) is 0 Å². The van der Waals surface area contributed by atoms with E-state index in [4.69, 9.17) is 4.74 Å². The second-order valence-corrected chi connectivity index (χ2v) is 9.02. The number of para-hydroxylation sites is 1. The maximum atomic E-state index is 12.8. The number of carbonyl (C=O) groups is 1. The van der Waals surface area contributed by atoms with Crippen molar-refractivity contribution in [2.45, 2.75) is 63.9 Å². The molecule has 1 heterocycles. The molecule has 1 fully saturated rings. The molecule has 0 N–H and O–H groups in total. The highest BCUT2D eigenvalue weighted by molar-refractivity contribution is 8.00. The smallest absolute Gasteiger partial charge is 0.263 e. The van der Waals surface area contributed by atoms with E-state index < -0.39 is 6.10 Å². The Hall–Kier alpha value is -1.16. The fourth-order valence-corrected chi connectivity index (χ4v) is 3.84. The van der Waals surface area contributed by atoms with Crippen LogP contribution in [0.2, 0.25) is 0 Å². The lowest BCUT2D eigenvalue weighted by molar-refractivity contribution is -0.141. The van der Waals surface area contributed by atoms with Gasteiger partial charge in [0, 0.05) is 23.1 Å². The van der Waals surface area contributed by atoms with Gasteiger partial charge >= 0.3 is 0 Å². The quantitative estimate of drug-likeness (QED) is 0.800. The van der Waals surface area contributed by atoms with E-state index in [1.807, 2.05) is 49.0 Å². The molecule has 0 radical (unpaired) electrons. The molecule has 23 heavy (non-hydrogen) atoms. The highest BCUT2D eigenvalue weighted by Crippen LogP contribution is 2.29. The molecule has 1 aromatic carbocycles. The molecular formula is C19H29NO2S. The Bertz CT molecular complexity index is 498. The fourth-order valence-electron chi connectivity index (χ4n) is 2.80. The standard InChI is InChI=1S/C19H29NO2S/c1-15(22-17-11-6-5-7-12-17)18(21)20-13-9-8-10-16(20)14-23-19(2,3)4/h5-7,11-12,15-16H,8-10,13-14H2,1-4H3/t15-,16-/m1/s1. The number of carbonyl (C=O) groups excluding carboxylic acids is 1. The lowest BCUT2D eigenvalue weighted by Crippen LogP contribution is -2.50. The van der Waals surface area contributed by atoms with E-state index >= 15 is 0 Å². The monoisotopic (exact) mass is 335 g/mol. The van der Waals surface area contributed by atoms with Gasteiger partial charge < -0.3 is 9.64 Å². The maximum absolute atomic E-state index is 12.8. The second-order valence-electron chi connectivity index (χ2n) is 7.18. The highest BCUT2D eigenvalue weighted by atomic mass is 32.2. The summed E-state index contributed by atoms with van der Waals surface area (Å²) in [6, 6.07) is 9.93. The van der Waals surface area contributed by atoms with Crippen molar-refractivity contribution in [1.29, 1.82) is 0 Å². The zero-order valence-corrected chi connectivity index (χ0v) is 15.6. The lowest BCUT2D eigenvalue weighted by Gasteiger charge is -2.38. The third-order valence-electron chi connectivity index (χ3n) is 4.02. The average Bonchev–Trinajstić information content (AvgIpc) is 2.53. The first-order chi connectivity index (χ1) is 10.9. The molecule has 0 saturated carbocycles. The van der Waals surface area contributed by atoms with E-state index in [0.717, 1.165) is 30.9 Å². The largest absolute Gasteiger partial charge is 0.481 e. The number of nitrogens with zero attached hydrogens (tertiary/aromatic N) is 1. The first-order valence-corrected chi connectivity index (χ1v) is 9.51. The number of likely N-dealkylation sites (tertiary alicyclic amines) is 1. The maximum Gasteiger partial charge on any atom is 0.263 e. The van der Waals surface area contributed by atoms with Crippen molar-refractivity contribution < 1.29 is 9.53 Å². The SMILES string of the molecule is C[C@@H](Oc1ccccc1)C(=O)N1CCCC[C@@H]1CSC(C)(C)C. The van der Waals surface area contributed by atoms with E-state index in [-0.39, 0.29) is 10.7 Å². The summed E-state index contributed by atoms with van der Waals surface area (Å²) < 4.78 is 6.06. The van der Waals surface area contributed by atoms with Crippen LogP contribution in [0.1, 0.15) is 47.0 Å². The van der Waals surface area contributed by atoms with Gasteiger partial charge in [0.1, 0.15) is 5.75 Å². The van der Waals surface area contributed by atoms with Gasteiger partial charge in [-0.05, 0) is 38.3 Å². The van der Waals surface area contributed by atoms with E-state index in [1.54, 1.807) is 0 Å². The van der Waals surface area contributed by atoms with Crippen LogP contribution in [0, 0.1) is 0 Å². The van der Waals surface area contributed by atoms with Crippen LogP contribution in [0.15, 0.2) is 30.3 Å². The molecule has 128 valence electrons. The molecule has 0 unspecified atom stereocenters. The van der Waals surface area contributed by atoms with Crippen LogP contribution in [0.5, 0.6) is 5.75 Å². The molecule has 1 aromatic rings. The van der Waals surface area contributed by atoms with Crippen LogP contribution >= 0.6 is 11.8 Å². The summed E-state index contributed by atoms with van der Waals surface area (Å²) in [5.41, 5.74) is 0. The third-order valence-corrected chi connectivity index (χ3v) is 5.44. The van der Waals surface area contributed by atoms with Crippen LogP contribution in [-0.2, 0) is 4.79 Å². The Balaban J connectivity index is 1.96. The first-order valence-electron chi connectivity index (χ1n) is 8.53. The summed E-state index contributed by atoms with van der Waals surface area (Å²) in [4.78, 5) is 14.9. The minimum atomic E-state index is -0.433. The third kappa shape index (κ3) is 5.76. The number of hydrogen-bond acceptors (Lipinski definition) is 3. The molecule has 2 rings (SSSR count). The second kappa shape index (κ2) is 8.09. The van der Waals surface area contributed by atoms with Crippen molar-refractivity contribution >= 4 is 17.7 Å². The first kappa shape index (κ1) is 18.2. The number of rotatable bonds is 5. The Kier molecular flexibility index (Phi) is 6.40. The van der Waals surface area contributed by atoms with E-state index in [2.05, 4.69) is 25.7 Å². The van der Waals surface area contributed by atoms with Gasteiger partial charge in [0.15, 0.2) is 6.10 Å². The molecule has 1 aliphatic rings. The van der Waals surface area contributed by atoms with Crippen molar-refractivity contribution in [3.8, 4) is 5.75 Å². The number of piperidine rings is 1. The fraction of sp³-hybridized carbons (Fsp3) is 0.632. The Labute approximate surface area is 144 Å². The van der Waals surface area contributed by atoms with Crippen molar-refractivity contribution in [2.75, 3.05) is 12.3 Å². The summed E-state index contributed by atoms with van der Waals surface area (Å²) in [7, 11) is 0. The molecule has 0 aromatic heterocycles. The average molecular weight is 336 g/mol. The molecule has 0 bridgehead atoms. The predicted molar refractivity (Wildman–Crippen MR) is 98.1 cm³/mol. The predicted octanol–water partition coefficient (Wildman–Crippen LogP) is 4.37. The number of benzene rings is 1. The minimum Gasteiger partial charge on any atom is -0.481 e. The molecule has 1 saturated heterocycles. The Morgan fingerprint density at radius 3 is 2.65 bits per heavy atom. The molecule has 3 nitrogen and oxygen atoms in total. The Morgan fingerprint density at radius 2 is 2.00 bits per heavy atom. The van der Waals surface area contributed by atoms with Crippen LogP contribution < -0.4 is 4.74 Å². The number of ether oxygens (including phenoxy) is 1. The van der Waals surface area contributed by atoms with Gasteiger partial charge in [0.2, 0.25) is 0 Å². The number of hydrogen-bond donors (Lipinski definition) is 0. The molecule has 1 aliphatic heterocycles. The van der Waals surface area contributed by atoms with Gasteiger partial charge in [0.25, 0.3) is 5.91 Å². The topological polar surface area (TPSA) is 29.5 Å². The Morgan fingerprint density at radius 1 is 1.30 bits per heavy atom. The molecular weight excluding hydrogens is 306 g/mol. The van der Waals surface area contributed by atoms with Gasteiger partial charge in [-0.2, -0.15) is 11.8 Å². The zero-order chi connectivity index (χ0) is 16.9. The lowest BCUT2D eigenvalue weighted by atomic mass is 10.0. The zero-order valence-electron chi connectivity index (χ0n) is 14.7. The molecule has 0 aliphatic carbocycles. The van der Waals surface area contributed by atoms with Gasteiger partial charge in [-0.3, -0.25) is 4.79 Å².